The molecule has 0 bridgehead atoms. The number of hydrogen-bond donors (Lipinski definition) is 0. The molecule has 0 aromatic heterocycles. The van der Waals surface area contributed by atoms with Crippen molar-refractivity contribution in [2.24, 2.45) is 11.3 Å². The van der Waals surface area contributed by atoms with Crippen molar-refractivity contribution in [1.82, 2.24) is 0 Å². The maximum Gasteiger partial charge on any atom is 0.179 e. The van der Waals surface area contributed by atoms with Crippen LogP contribution in [0.2, 0.25) is 0 Å². The number of fused-ring (bicyclic) bond motifs is 1. The minimum absolute atomic E-state index is 0.329. The van der Waals surface area contributed by atoms with Gasteiger partial charge in [0.1, 0.15) is 5.75 Å². The smallest absolute Gasteiger partial charge is 0.179 e. The molecular weight excluding hydrogens is 344 g/mol. The lowest BCUT2D eigenvalue weighted by molar-refractivity contribution is 0.415. The molecule has 0 radical (unpaired) electrons. The molecule has 2 aliphatic rings. The normalized spacial score (nSPS) is 19.2. The van der Waals surface area contributed by atoms with E-state index < -0.39 is 5.41 Å². The first-order valence-electron chi connectivity index (χ1n) is 9.06. The van der Waals surface area contributed by atoms with Crippen LogP contribution in [0.25, 0.3) is 11.1 Å². The summed E-state index contributed by atoms with van der Waals surface area (Å²) >= 11 is 0. The quantitative estimate of drug-likeness (QED) is 0.742. The zero-order chi connectivity index (χ0) is 19.6. The van der Waals surface area contributed by atoms with Crippen LogP contribution >= 0.6 is 0 Å². The Balaban J connectivity index is 1.83. The van der Waals surface area contributed by atoms with Gasteiger partial charge in [-0.05, 0) is 40.0 Å². The van der Waals surface area contributed by atoms with Crippen molar-refractivity contribution in [2.45, 2.75) is 0 Å². The highest BCUT2D eigenvalue weighted by Crippen LogP contribution is 2.52. The second kappa shape index (κ2) is 7.06. The molecule has 1 unspecified atom stereocenters. The first-order valence-corrected chi connectivity index (χ1v) is 9.06. The molecule has 2 aromatic rings. The highest BCUT2D eigenvalue weighted by Gasteiger charge is 2.48. The third kappa shape index (κ3) is 2.75. The average molecular weight is 362 g/mol. The van der Waals surface area contributed by atoms with E-state index in [0.717, 1.165) is 33.6 Å². The van der Waals surface area contributed by atoms with E-state index in [0.29, 0.717) is 0 Å². The molecule has 28 heavy (non-hydrogen) atoms. The van der Waals surface area contributed by atoms with Crippen LogP contribution in [0.3, 0.4) is 0 Å². The fourth-order valence-electron chi connectivity index (χ4n) is 3.85. The summed E-state index contributed by atoms with van der Waals surface area (Å²) in [5, 5.41) is 20.2. The van der Waals surface area contributed by atoms with Gasteiger partial charge in [0.05, 0.1) is 19.2 Å². The van der Waals surface area contributed by atoms with Crippen LogP contribution in [-0.2, 0) is 0 Å². The van der Waals surface area contributed by atoms with Crippen molar-refractivity contribution in [3.63, 3.8) is 0 Å². The number of benzene rings is 2. The maximum absolute atomic E-state index is 10.1. The number of rotatable bonds is 3. The van der Waals surface area contributed by atoms with Crippen LogP contribution in [-0.4, -0.2) is 7.11 Å². The van der Waals surface area contributed by atoms with Crippen LogP contribution in [0.15, 0.2) is 90.6 Å². The van der Waals surface area contributed by atoms with Crippen LogP contribution < -0.4 is 4.74 Å². The van der Waals surface area contributed by atoms with Gasteiger partial charge in [-0.3, -0.25) is 0 Å². The minimum atomic E-state index is -1.25. The van der Waals surface area contributed by atoms with Gasteiger partial charge >= 0.3 is 0 Å². The summed E-state index contributed by atoms with van der Waals surface area (Å²) in [6.45, 7) is 0. The second-order valence-corrected chi connectivity index (χ2v) is 6.81. The van der Waals surface area contributed by atoms with Crippen LogP contribution in [0.5, 0.6) is 5.75 Å². The van der Waals surface area contributed by atoms with Crippen LogP contribution in [0, 0.1) is 34.0 Å². The topological polar surface area (TPSA) is 56.8 Å². The Morgan fingerprint density at radius 1 is 0.929 bits per heavy atom. The summed E-state index contributed by atoms with van der Waals surface area (Å²) in [5.74, 6) is 0.461. The lowest BCUT2D eigenvalue weighted by Crippen LogP contribution is -2.24. The standard InChI is InChI=1S/C25H18N2O/c1-28-22-12-10-18(11-13-22)20-8-5-9-21-15-23(19-6-3-2-4-7-19)25(16-26,17-27)24(21)14-20/h2-15,24H,1H3. The van der Waals surface area contributed by atoms with Crippen molar-refractivity contribution in [3.05, 3.63) is 102 Å². The molecule has 134 valence electrons. The highest BCUT2D eigenvalue weighted by molar-refractivity contribution is 5.86. The SMILES string of the molecule is COc1ccc(C2=CC3C(=CC=C2)C=C(c2ccccc2)C3(C#N)C#N)cc1. The Kier molecular flexibility index (Phi) is 4.44. The lowest BCUT2D eigenvalue weighted by Gasteiger charge is -2.24. The predicted octanol–water partition coefficient (Wildman–Crippen LogP) is 5.32. The number of allylic oxidation sites excluding steroid dienone is 8. The second-order valence-electron chi connectivity index (χ2n) is 6.81. The highest BCUT2D eigenvalue weighted by atomic mass is 16.5. The van der Waals surface area contributed by atoms with Crippen LogP contribution in [0.1, 0.15) is 11.1 Å². The minimum Gasteiger partial charge on any atom is -0.497 e. The van der Waals surface area contributed by atoms with Gasteiger partial charge in [0.2, 0.25) is 0 Å². The molecule has 1 atom stereocenters. The number of nitriles is 2. The molecule has 0 spiro atoms. The Morgan fingerprint density at radius 2 is 1.64 bits per heavy atom. The van der Waals surface area contributed by atoms with Crippen LogP contribution in [0.4, 0.5) is 0 Å². The lowest BCUT2D eigenvalue weighted by atomic mass is 9.72. The summed E-state index contributed by atoms with van der Waals surface area (Å²) in [6, 6.07) is 22.1. The zero-order valence-electron chi connectivity index (χ0n) is 15.5. The van der Waals surface area contributed by atoms with E-state index in [1.165, 1.54) is 0 Å². The third-order valence-electron chi connectivity index (χ3n) is 5.33. The third-order valence-corrected chi connectivity index (χ3v) is 5.33. The predicted molar refractivity (Wildman–Crippen MR) is 110 cm³/mol. The van der Waals surface area contributed by atoms with Crippen molar-refractivity contribution in [3.8, 4) is 17.9 Å². The molecule has 4 rings (SSSR count). The van der Waals surface area contributed by atoms with Gasteiger partial charge in [-0.1, -0.05) is 72.8 Å². The van der Waals surface area contributed by atoms with E-state index in [9.17, 15) is 10.5 Å². The molecule has 0 fully saturated rings. The summed E-state index contributed by atoms with van der Waals surface area (Å²) in [5.41, 5.74) is 3.39. The first-order chi connectivity index (χ1) is 13.7. The van der Waals surface area contributed by atoms with Crippen molar-refractivity contribution >= 4 is 11.1 Å². The van der Waals surface area contributed by atoms with Gasteiger partial charge in [-0.25, -0.2) is 0 Å². The molecule has 0 N–H and O–H groups in total. The summed E-state index contributed by atoms with van der Waals surface area (Å²) < 4.78 is 5.24. The number of nitrogens with zero attached hydrogens (tertiary/aromatic N) is 2. The molecular formula is C25H18N2O. The van der Waals surface area contributed by atoms with Gasteiger partial charge in [-0.15, -0.1) is 0 Å². The number of hydrogen-bond acceptors (Lipinski definition) is 3. The molecule has 3 heteroatoms. The molecule has 0 heterocycles. The van der Waals surface area contributed by atoms with Gasteiger partial charge in [-0.2, -0.15) is 10.5 Å². The molecule has 2 aliphatic carbocycles. The van der Waals surface area contributed by atoms with E-state index in [-0.39, 0.29) is 5.92 Å². The molecule has 2 aromatic carbocycles. The molecule has 0 amide bonds. The average Bonchev–Trinajstić information content (AvgIpc) is 2.91. The molecule has 0 aliphatic heterocycles. The van der Waals surface area contributed by atoms with E-state index in [4.69, 9.17) is 4.74 Å². The first kappa shape index (κ1) is 17.6. The largest absolute Gasteiger partial charge is 0.497 e. The van der Waals surface area contributed by atoms with Gasteiger partial charge in [0.15, 0.2) is 5.41 Å². The van der Waals surface area contributed by atoms with E-state index in [1.54, 1.807) is 7.11 Å². The fourth-order valence-corrected chi connectivity index (χ4v) is 3.85. The summed E-state index contributed by atoms with van der Waals surface area (Å²) in [4.78, 5) is 0. The molecule has 0 saturated carbocycles. The van der Waals surface area contributed by atoms with E-state index in [1.807, 2.05) is 85.0 Å². The van der Waals surface area contributed by atoms with Crippen molar-refractivity contribution < 1.29 is 4.74 Å². The van der Waals surface area contributed by atoms with Gasteiger partial charge in [0, 0.05) is 5.92 Å². The van der Waals surface area contributed by atoms with Crippen molar-refractivity contribution in [1.29, 1.82) is 10.5 Å². The molecule has 0 saturated heterocycles. The number of ether oxygens (including phenoxy) is 1. The zero-order valence-corrected chi connectivity index (χ0v) is 15.5. The Labute approximate surface area is 164 Å². The monoisotopic (exact) mass is 362 g/mol. The van der Waals surface area contributed by atoms with Gasteiger partial charge < -0.3 is 4.74 Å². The molecule has 3 nitrogen and oxygen atoms in total. The maximum atomic E-state index is 10.1. The van der Waals surface area contributed by atoms with Crippen molar-refractivity contribution in [2.75, 3.05) is 7.11 Å². The fraction of sp³-hybridized carbons (Fsp3) is 0.120. The Morgan fingerprint density at radius 3 is 2.29 bits per heavy atom. The Hall–Kier alpha value is -3.82. The van der Waals surface area contributed by atoms with Gasteiger partial charge in [0.25, 0.3) is 0 Å². The van der Waals surface area contributed by atoms with E-state index in [2.05, 4.69) is 12.1 Å². The summed E-state index contributed by atoms with van der Waals surface area (Å²) in [6.07, 6.45) is 10.0. The van der Waals surface area contributed by atoms with E-state index >= 15 is 0 Å². The summed E-state index contributed by atoms with van der Waals surface area (Å²) in [7, 11) is 1.64. The Bertz CT molecular complexity index is 1090. The number of methoxy groups -OCH3 is 1.